The van der Waals surface area contributed by atoms with Crippen LogP contribution in [0.4, 0.5) is 4.79 Å². The number of nitrogens with zero attached hydrogens (tertiary/aromatic N) is 2. The molecule has 0 spiro atoms. The van der Waals surface area contributed by atoms with Crippen LogP contribution in [0.1, 0.15) is 54.1 Å². The fourth-order valence-electron chi connectivity index (χ4n) is 3.97. The Hall–Kier alpha value is -3.83. The van der Waals surface area contributed by atoms with E-state index in [9.17, 15) is 10.1 Å². The number of aliphatic hydroxyl groups is 1. The number of carbonyl (C=O) groups is 1. The Morgan fingerprint density at radius 1 is 1.35 bits per heavy atom. The van der Waals surface area contributed by atoms with Crippen LogP contribution >= 0.6 is 0 Å². The highest BCUT2D eigenvalue weighted by atomic mass is 16.6. The van der Waals surface area contributed by atoms with Crippen molar-refractivity contribution >= 4 is 17.6 Å². The van der Waals surface area contributed by atoms with Gasteiger partial charge in [-0.05, 0) is 61.6 Å². The highest BCUT2D eigenvalue weighted by molar-refractivity contribution is 6.04. The number of carbonyl (C=O) groups excluding carboxylic acids is 1. The molecular formula is C26H30N4O4. The summed E-state index contributed by atoms with van der Waals surface area (Å²) in [6, 6.07) is 13.3. The van der Waals surface area contributed by atoms with Crippen LogP contribution in [0.3, 0.4) is 0 Å². The zero-order valence-corrected chi connectivity index (χ0v) is 19.7. The first-order valence-electron chi connectivity index (χ1n) is 11.2. The molecule has 2 aromatic carbocycles. The van der Waals surface area contributed by atoms with Crippen molar-refractivity contribution in [1.82, 2.24) is 10.6 Å². The second-order valence-corrected chi connectivity index (χ2v) is 8.13. The van der Waals surface area contributed by atoms with Gasteiger partial charge in [0.15, 0.2) is 0 Å². The van der Waals surface area contributed by atoms with Crippen molar-refractivity contribution in [3.05, 3.63) is 70.8 Å². The van der Waals surface area contributed by atoms with E-state index >= 15 is 0 Å². The van der Waals surface area contributed by atoms with Crippen molar-refractivity contribution in [2.75, 3.05) is 20.3 Å². The largest absolute Gasteiger partial charge is 0.490 e. The van der Waals surface area contributed by atoms with E-state index in [1.807, 2.05) is 38.1 Å². The van der Waals surface area contributed by atoms with Crippen LogP contribution in [0.5, 0.6) is 5.75 Å². The van der Waals surface area contributed by atoms with E-state index < -0.39 is 6.09 Å². The predicted octanol–water partition coefficient (Wildman–Crippen LogP) is 3.69. The molecule has 0 aromatic heterocycles. The Kier molecular flexibility index (Phi) is 8.28. The van der Waals surface area contributed by atoms with Crippen molar-refractivity contribution in [2.24, 2.45) is 4.99 Å². The molecular weight excluding hydrogens is 432 g/mol. The summed E-state index contributed by atoms with van der Waals surface area (Å²) >= 11 is 0. The van der Waals surface area contributed by atoms with Crippen molar-refractivity contribution in [1.29, 1.82) is 5.26 Å². The second-order valence-electron chi connectivity index (χ2n) is 8.13. The molecule has 1 aliphatic rings. The number of rotatable bonds is 8. The number of nitrogens with one attached hydrogen (secondary N) is 2. The van der Waals surface area contributed by atoms with Gasteiger partial charge >= 0.3 is 6.09 Å². The van der Waals surface area contributed by atoms with Gasteiger partial charge in [-0.3, -0.25) is 4.99 Å². The number of fused-ring (bicyclic) bond motifs is 1. The van der Waals surface area contributed by atoms with Gasteiger partial charge in [-0.2, -0.15) is 5.26 Å². The minimum absolute atomic E-state index is 0.0341. The van der Waals surface area contributed by atoms with Crippen molar-refractivity contribution in [3.63, 3.8) is 0 Å². The van der Waals surface area contributed by atoms with Gasteiger partial charge in [-0.15, -0.1) is 0 Å². The maximum absolute atomic E-state index is 12.0. The lowest BCUT2D eigenvalue weighted by atomic mass is 10.0. The zero-order valence-electron chi connectivity index (χ0n) is 19.7. The van der Waals surface area contributed by atoms with Gasteiger partial charge in [0.2, 0.25) is 0 Å². The Bertz CT molecular complexity index is 1130. The van der Waals surface area contributed by atoms with Crippen LogP contribution in [-0.2, 0) is 11.2 Å². The molecule has 34 heavy (non-hydrogen) atoms. The van der Waals surface area contributed by atoms with Gasteiger partial charge in [0.05, 0.1) is 24.3 Å². The molecule has 1 atom stereocenters. The average Bonchev–Trinajstić information content (AvgIpc) is 3.23. The topological polar surface area (TPSA) is 116 Å². The number of benzene rings is 2. The number of aliphatic hydroxyl groups excluding tert-OH is 1. The smallest absolute Gasteiger partial charge is 0.407 e. The third-order valence-electron chi connectivity index (χ3n) is 5.45. The summed E-state index contributed by atoms with van der Waals surface area (Å²) in [7, 11) is 1.70. The molecule has 178 valence electrons. The fraction of sp³-hybridized carbons (Fsp3) is 0.346. The lowest BCUT2D eigenvalue weighted by Gasteiger charge is -2.18. The molecule has 1 aliphatic carbocycles. The van der Waals surface area contributed by atoms with Gasteiger partial charge in [-0.25, -0.2) is 4.79 Å². The maximum atomic E-state index is 12.0. The van der Waals surface area contributed by atoms with Gasteiger partial charge in [-0.1, -0.05) is 24.8 Å². The Morgan fingerprint density at radius 2 is 2.15 bits per heavy atom. The van der Waals surface area contributed by atoms with E-state index in [-0.39, 0.29) is 25.4 Å². The Morgan fingerprint density at radius 3 is 2.82 bits per heavy atom. The standard InChI is InChI=1S/C26H30N4O4/c1-16(2)34-24-11-8-18(14-19(24)15-27)17(3)29-25(28-4)22-7-5-6-21-20(22)9-10-23(21)30-26(32)33-13-12-31/h5-8,11,14,16,23,31H,3,9-10,12-13H2,1-2,4H3,(H,28,29)(H,30,32). The molecule has 1 amide bonds. The Labute approximate surface area is 199 Å². The number of nitriles is 1. The van der Waals surface area contributed by atoms with Crippen molar-refractivity contribution in [2.45, 2.75) is 38.8 Å². The van der Waals surface area contributed by atoms with Crippen LogP contribution in [0.2, 0.25) is 0 Å². The summed E-state index contributed by atoms with van der Waals surface area (Å²) in [6.07, 6.45) is 0.921. The minimum atomic E-state index is -0.550. The summed E-state index contributed by atoms with van der Waals surface area (Å²) < 4.78 is 10.6. The lowest BCUT2D eigenvalue weighted by Crippen LogP contribution is -2.29. The Balaban J connectivity index is 1.79. The first kappa shape index (κ1) is 24.8. The van der Waals surface area contributed by atoms with Gasteiger partial charge in [0.25, 0.3) is 0 Å². The number of amidine groups is 1. The van der Waals surface area contributed by atoms with E-state index in [0.29, 0.717) is 22.8 Å². The number of hydrogen-bond acceptors (Lipinski definition) is 6. The molecule has 2 aromatic rings. The third-order valence-corrected chi connectivity index (χ3v) is 5.45. The normalized spacial score (nSPS) is 14.8. The number of aliphatic imine (C=N–C) groups is 1. The first-order chi connectivity index (χ1) is 16.4. The molecule has 8 nitrogen and oxygen atoms in total. The average molecular weight is 463 g/mol. The molecule has 0 aliphatic heterocycles. The molecule has 3 rings (SSSR count). The molecule has 0 bridgehead atoms. The zero-order chi connectivity index (χ0) is 24.7. The maximum Gasteiger partial charge on any atom is 0.407 e. The number of ether oxygens (including phenoxy) is 2. The van der Waals surface area contributed by atoms with Crippen LogP contribution < -0.4 is 15.4 Å². The lowest BCUT2D eigenvalue weighted by molar-refractivity contribution is 0.116. The molecule has 8 heteroatoms. The summed E-state index contributed by atoms with van der Waals surface area (Å²) in [5, 5.41) is 24.5. The SMILES string of the molecule is C=C(NC(=NC)c1cccc2c1CCC2NC(=O)OCCO)c1ccc(OC(C)C)c(C#N)c1. The summed E-state index contributed by atoms with van der Waals surface area (Å²) in [6.45, 7) is 7.72. The van der Waals surface area contributed by atoms with Crippen molar-refractivity contribution in [3.8, 4) is 11.8 Å². The van der Waals surface area contributed by atoms with Gasteiger partial charge < -0.3 is 25.2 Å². The minimum Gasteiger partial charge on any atom is -0.490 e. The van der Waals surface area contributed by atoms with Crippen LogP contribution in [0, 0.1) is 11.3 Å². The van der Waals surface area contributed by atoms with Gasteiger partial charge in [0.1, 0.15) is 24.3 Å². The fourth-order valence-corrected chi connectivity index (χ4v) is 3.97. The second kappa shape index (κ2) is 11.3. The molecule has 1 unspecified atom stereocenters. The third kappa shape index (κ3) is 5.74. The van der Waals surface area contributed by atoms with E-state index in [2.05, 4.69) is 28.3 Å². The molecule has 0 heterocycles. The highest BCUT2D eigenvalue weighted by Crippen LogP contribution is 2.34. The predicted molar refractivity (Wildman–Crippen MR) is 131 cm³/mol. The number of alkyl carbamates (subject to hydrolysis) is 1. The van der Waals surface area contributed by atoms with E-state index in [1.54, 1.807) is 19.2 Å². The van der Waals surface area contributed by atoms with Gasteiger partial charge in [0, 0.05) is 18.3 Å². The number of hydrogen-bond donors (Lipinski definition) is 3. The van der Waals surface area contributed by atoms with E-state index in [4.69, 9.17) is 14.6 Å². The summed E-state index contributed by atoms with van der Waals surface area (Å²) in [4.78, 5) is 16.4. The first-order valence-corrected chi connectivity index (χ1v) is 11.2. The van der Waals surface area contributed by atoms with Crippen LogP contribution in [-0.4, -0.2) is 43.4 Å². The quantitative estimate of drug-likeness (QED) is 0.407. The van der Waals surface area contributed by atoms with Crippen LogP contribution in [0.15, 0.2) is 48.0 Å². The molecule has 0 radical (unpaired) electrons. The molecule has 3 N–H and O–H groups in total. The van der Waals surface area contributed by atoms with E-state index in [0.717, 1.165) is 35.1 Å². The van der Waals surface area contributed by atoms with E-state index in [1.165, 1.54) is 0 Å². The summed E-state index contributed by atoms with van der Waals surface area (Å²) in [5.41, 5.74) is 4.82. The van der Waals surface area contributed by atoms with Crippen LogP contribution in [0.25, 0.3) is 5.70 Å². The van der Waals surface area contributed by atoms with Crippen molar-refractivity contribution < 1.29 is 19.4 Å². The number of amides is 1. The molecule has 0 fully saturated rings. The molecule has 0 saturated heterocycles. The summed E-state index contributed by atoms with van der Waals surface area (Å²) in [5.74, 6) is 1.18. The monoisotopic (exact) mass is 462 g/mol. The highest BCUT2D eigenvalue weighted by Gasteiger charge is 2.27. The molecule has 0 saturated carbocycles.